The van der Waals surface area contributed by atoms with Crippen LogP contribution in [0.25, 0.3) is 0 Å². The van der Waals surface area contributed by atoms with Crippen LogP contribution >= 0.6 is 0 Å². The number of hydrogen-bond donors (Lipinski definition) is 1. The third-order valence-electron chi connectivity index (χ3n) is 1.66. The standard InChI is InChI=1S/C10H13NO3/c1-13-7-10(12)11-8-5-3-4-6-9(8)14-2/h3-6H,7H2,1-2H3,(H,11,12). The van der Waals surface area contributed by atoms with Crippen molar-refractivity contribution in [1.82, 2.24) is 0 Å². The van der Waals surface area contributed by atoms with E-state index < -0.39 is 0 Å². The number of ether oxygens (including phenoxy) is 2. The molecule has 4 heteroatoms. The summed E-state index contributed by atoms with van der Waals surface area (Å²) in [7, 11) is 3.03. The first-order valence-electron chi connectivity index (χ1n) is 4.19. The molecule has 76 valence electrons. The number of nitrogens with one attached hydrogen (secondary N) is 1. The molecule has 0 aliphatic heterocycles. The number of benzene rings is 1. The van der Waals surface area contributed by atoms with Crippen LogP contribution in [-0.2, 0) is 9.53 Å². The molecule has 0 saturated carbocycles. The molecular weight excluding hydrogens is 182 g/mol. The van der Waals surface area contributed by atoms with Gasteiger partial charge < -0.3 is 14.8 Å². The summed E-state index contributed by atoms with van der Waals surface area (Å²) >= 11 is 0. The molecule has 0 bridgehead atoms. The maximum Gasteiger partial charge on any atom is 0.250 e. The van der Waals surface area contributed by atoms with E-state index in [1.807, 2.05) is 12.1 Å². The van der Waals surface area contributed by atoms with E-state index in [4.69, 9.17) is 9.47 Å². The molecule has 0 aliphatic rings. The Balaban J connectivity index is 2.70. The van der Waals surface area contributed by atoms with Gasteiger partial charge in [-0.05, 0) is 12.1 Å². The smallest absolute Gasteiger partial charge is 0.250 e. The fraction of sp³-hybridized carbons (Fsp3) is 0.300. The Morgan fingerprint density at radius 3 is 2.71 bits per heavy atom. The van der Waals surface area contributed by atoms with Gasteiger partial charge in [-0.3, -0.25) is 4.79 Å². The molecule has 1 N–H and O–H groups in total. The van der Waals surface area contributed by atoms with Gasteiger partial charge in [-0.1, -0.05) is 12.1 Å². The molecular formula is C10H13NO3. The molecule has 0 spiro atoms. The average molecular weight is 195 g/mol. The van der Waals surface area contributed by atoms with Crippen LogP contribution in [0.5, 0.6) is 5.75 Å². The number of rotatable bonds is 4. The van der Waals surface area contributed by atoms with Crippen molar-refractivity contribution in [1.29, 1.82) is 0 Å². The van der Waals surface area contributed by atoms with Crippen LogP contribution in [0.3, 0.4) is 0 Å². The van der Waals surface area contributed by atoms with Crippen molar-refractivity contribution in [3.8, 4) is 5.75 Å². The highest BCUT2D eigenvalue weighted by Gasteiger charge is 2.05. The summed E-state index contributed by atoms with van der Waals surface area (Å²) < 4.78 is 9.77. The van der Waals surface area contributed by atoms with Crippen molar-refractivity contribution >= 4 is 11.6 Å². The van der Waals surface area contributed by atoms with Crippen molar-refractivity contribution in [3.05, 3.63) is 24.3 Å². The Hall–Kier alpha value is -1.55. The number of carbonyl (C=O) groups excluding carboxylic acids is 1. The van der Waals surface area contributed by atoms with Crippen molar-refractivity contribution in [2.24, 2.45) is 0 Å². The van der Waals surface area contributed by atoms with E-state index in [0.717, 1.165) is 0 Å². The van der Waals surface area contributed by atoms with E-state index in [9.17, 15) is 4.79 Å². The van der Waals surface area contributed by atoms with Crippen LogP contribution in [0.15, 0.2) is 24.3 Å². The first-order chi connectivity index (χ1) is 6.77. The molecule has 14 heavy (non-hydrogen) atoms. The van der Waals surface area contributed by atoms with Crippen LogP contribution in [0.1, 0.15) is 0 Å². The Morgan fingerprint density at radius 2 is 2.07 bits per heavy atom. The zero-order chi connectivity index (χ0) is 10.4. The number of amides is 1. The lowest BCUT2D eigenvalue weighted by molar-refractivity contribution is -0.119. The SMILES string of the molecule is COCC(=O)Nc1ccccc1OC. The normalized spacial score (nSPS) is 9.57. The topological polar surface area (TPSA) is 47.6 Å². The van der Waals surface area contributed by atoms with Gasteiger partial charge in [0.1, 0.15) is 12.4 Å². The number of anilines is 1. The lowest BCUT2D eigenvalue weighted by Crippen LogP contribution is -2.17. The summed E-state index contributed by atoms with van der Waals surface area (Å²) in [6.07, 6.45) is 0. The molecule has 1 amide bonds. The summed E-state index contributed by atoms with van der Waals surface area (Å²) in [5.41, 5.74) is 0.650. The fourth-order valence-electron chi connectivity index (χ4n) is 1.07. The van der Waals surface area contributed by atoms with Crippen molar-refractivity contribution in [3.63, 3.8) is 0 Å². The Kier molecular flexibility index (Phi) is 3.94. The largest absolute Gasteiger partial charge is 0.495 e. The summed E-state index contributed by atoms with van der Waals surface area (Å²) in [5, 5.41) is 2.67. The van der Waals surface area contributed by atoms with Crippen LogP contribution in [0, 0.1) is 0 Å². The molecule has 0 atom stereocenters. The van der Waals surface area contributed by atoms with Crippen LogP contribution in [-0.4, -0.2) is 26.7 Å². The second kappa shape index (κ2) is 5.24. The molecule has 0 fully saturated rings. The lowest BCUT2D eigenvalue weighted by Gasteiger charge is -2.08. The van der Waals surface area contributed by atoms with E-state index in [2.05, 4.69) is 5.32 Å². The predicted octanol–water partition coefficient (Wildman–Crippen LogP) is 1.28. The van der Waals surface area contributed by atoms with Crippen LogP contribution in [0.4, 0.5) is 5.69 Å². The minimum absolute atomic E-state index is 0.0397. The molecule has 0 heterocycles. The highest BCUT2D eigenvalue weighted by atomic mass is 16.5. The third kappa shape index (κ3) is 2.74. The van der Waals surface area contributed by atoms with Crippen molar-refractivity contribution < 1.29 is 14.3 Å². The maximum atomic E-state index is 11.2. The molecule has 1 aromatic carbocycles. The molecule has 0 saturated heterocycles. The summed E-state index contributed by atoms with van der Waals surface area (Å²) in [5.74, 6) is 0.439. The average Bonchev–Trinajstić information content (AvgIpc) is 2.19. The zero-order valence-electron chi connectivity index (χ0n) is 8.24. The van der Waals surface area contributed by atoms with Gasteiger partial charge in [-0.25, -0.2) is 0 Å². The quantitative estimate of drug-likeness (QED) is 0.787. The first-order valence-corrected chi connectivity index (χ1v) is 4.19. The van der Waals surface area contributed by atoms with Crippen LogP contribution < -0.4 is 10.1 Å². The van der Waals surface area contributed by atoms with E-state index in [1.54, 1.807) is 19.2 Å². The van der Waals surface area contributed by atoms with Crippen LogP contribution in [0.2, 0.25) is 0 Å². The van der Waals surface area contributed by atoms with Gasteiger partial charge >= 0.3 is 0 Å². The van der Waals surface area contributed by atoms with E-state index in [-0.39, 0.29) is 12.5 Å². The minimum Gasteiger partial charge on any atom is -0.495 e. The number of para-hydroxylation sites is 2. The van der Waals surface area contributed by atoms with Gasteiger partial charge in [0.15, 0.2) is 0 Å². The lowest BCUT2D eigenvalue weighted by atomic mass is 10.3. The van der Waals surface area contributed by atoms with Gasteiger partial charge in [0.25, 0.3) is 0 Å². The van der Waals surface area contributed by atoms with E-state index in [1.165, 1.54) is 7.11 Å². The van der Waals surface area contributed by atoms with Gasteiger partial charge in [0, 0.05) is 7.11 Å². The Morgan fingerprint density at radius 1 is 1.36 bits per heavy atom. The molecule has 0 aromatic heterocycles. The number of carbonyl (C=O) groups is 1. The number of hydrogen-bond acceptors (Lipinski definition) is 3. The predicted molar refractivity (Wildman–Crippen MR) is 53.5 cm³/mol. The second-order valence-electron chi connectivity index (χ2n) is 2.68. The second-order valence-corrected chi connectivity index (χ2v) is 2.68. The molecule has 4 nitrogen and oxygen atoms in total. The highest BCUT2D eigenvalue weighted by Crippen LogP contribution is 2.22. The van der Waals surface area contributed by atoms with Gasteiger partial charge in [0.05, 0.1) is 12.8 Å². The third-order valence-corrected chi connectivity index (χ3v) is 1.66. The zero-order valence-corrected chi connectivity index (χ0v) is 8.24. The summed E-state index contributed by atoms with van der Waals surface area (Å²) in [6, 6.07) is 7.21. The molecule has 1 rings (SSSR count). The minimum atomic E-state index is -0.197. The van der Waals surface area contributed by atoms with E-state index >= 15 is 0 Å². The Bertz CT molecular complexity index is 312. The van der Waals surface area contributed by atoms with Gasteiger partial charge in [-0.15, -0.1) is 0 Å². The molecule has 0 unspecified atom stereocenters. The maximum absolute atomic E-state index is 11.2. The fourth-order valence-corrected chi connectivity index (χ4v) is 1.07. The number of methoxy groups -OCH3 is 2. The summed E-state index contributed by atoms with van der Waals surface area (Å²) in [4.78, 5) is 11.2. The van der Waals surface area contributed by atoms with Gasteiger partial charge in [-0.2, -0.15) is 0 Å². The molecule has 0 aliphatic carbocycles. The first kappa shape index (κ1) is 10.5. The monoisotopic (exact) mass is 195 g/mol. The van der Waals surface area contributed by atoms with E-state index in [0.29, 0.717) is 11.4 Å². The Labute approximate surface area is 82.8 Å². The molecule has 1 aromatic rings. The van der Waals surface area contributed by atoms with Gasteiger partial charge in [0.2, 0.25) is 5.91 Å². The highest BCUT2D eigenvalue weighted by molar-refractivity contribution is 5.93. The van der Waals surface area contributed by atoms with Crippen molar-refractivity contribution in [2.75, 3.05) is 26.1 Å². The molecule has 0 radical (unpaired) electrons. The van der Waals surface area contributed by atoms with Crippen molar-refractivity contribution in [2.45, 2.75) is 0 Å². The summed E-state index contributed by atoms with van der Waals surface area (Å²) in [6.45, 7) is 0.0397.